The lowest BCUT2D eigenvalue weighted by molar-refractivity contribution is -0.149. The van der Waals surface area contributed by atoms with E-state index in [9.17, 15) is 9.59 Å². The molecule has 6 heteroatoms. The maximum atomic E-state index is 11.7. The van der Waals surface area contributed by atoms with Gasteiger partial charge in [0.15, 0.2) is 0 Å². The lowest BCUT2D eigenvalue weighted by Crippen LogP contribution is -2.31. The first-order valence-corrected chi connectivity index (χ1v) is 8.39. The average Bonchev–Trinajstić information content (AvgIpc) is 3.16. The summed E-state index contributed by atoms with van der Waals surface area (Å²) in [6, 6.07) is 0. The van der Waals surface area contributed by atoms with E-state index < -0.39 is 0 Å². The molecule has 2 rings (SSSR count). The highest BCUT2D eigenvalue weighted by Gasteiger charge is 2.18. The maximum Gasteiger partial charge on any atom is 0.320 e. The van der Waals surface area contributed by atoms with Gasteiger partial charge in [0.1, 0.15) is 0 Å². The monoisotopic (exact) mass is 312 g/mol. The van der Waals surface area contributed by atoms with Gasteiger partial charge in [-0.25, -0.2) is 0 Å². The smallest absolute Gasteiger partial charge is 0.320 e. The summed E-state index contributed by atoms with van der Waals surface area (Å²) in [5, 5.41) is 0. The van der Waals surface area contributed by atoms with E-state index in [0.717, 1.165) is 51.9 Å². The van der Waals surface area contributed by atoms with Crippen LogP contribution < -0.4 is 0 Å². The lowest BCUT2D eigenvalue weighted by atomic mass is 10.2. The van der Waals surface area contributed by atoms with Crippen LogP contribution in [0, 0.1) is 5.92 Å². The van der Waals surface area contributed by atoms with Gasteiger partial charge in [-0.1, -0.05) is 6.92 Å². The molecule has 0 N–H and O–H groups in total. The Morgan fingerprint density at radius 3 is 1.55 bits per heavy atom. The second-order valence-corrected chi connectivity index (χ2v) is 6.44. The number of esters is 2. The highest BCUT2D eigenvalue weighted by Crippen LogP contribution is 2.08. The van der Waals surface area contributed by atoms with Gasteiger partial charge in [0.2, 0.25) is 0 Å². The van der Waals surface area contributed by atoms with Crippen molar-refractivity contribution in [3.05, 3.63) is 0 Å². The van der Waals surface area contributed by atoms with E-state index in [0.29, 0.717) is 26.3 Å². The van der Waals surface area contributed by atoms with E-state index in [-0.39, 0.29) is 17.9 Å². The first-order valence-electron chi connectivity index (χ1n) is 8.39. The minimum atomic E-state index is -0.183. The first kappa shape index (κ1) is 17.2. The Bertz CT molecular complexity index is 329. The van der Waals surface area contributed by atoms with Crippen molar-refractivity contribution >= 4 is 11.9 Å². The number of carbonyl (C=O) groups is 2. The second kappa shape index (κ2) is 9.10. The summed E-state index contributed by atoms with van der Waals surface area (Å²) in [5.41, 5.74) is 0. The fraction of sp³-hybridized carbons (Fsp3) is 0.875. The van der Waals surface area contributed by atoms with Crippen molar-refractivity contribution in [2.75, 3.05) is 52.5 Å². The highest BCUT2D eigenvalue weighted by atomic mass is 16.5. The predicted octanol–water partition coefficient (Wildman–Crippen LogP) is 0.901. The van der Waals surface area contributed by atoms with Gasteiger partial charge in [-0.15, -0.1) is 0 Å². The fourth-order valence-electron chi connectivity index (χ4n) is 2.86. The number of hydrogen-bond acceptors (Lipinski definition) is 6. The van der Waals surface area contributed by atoms with Crippen LogP contribution >= 0.6 is 0 Å². The van der Waals surface area contributed by atoms with Gasteiger partial charge in [0, 0.05) is 5.92 Å². The Labute approximate surface area is 132 Å². The van der Waals surface area contributed by atoms with Crippen LogP contribution in [0.5, 0.6) is 0 Å². The molecule has 0 aromatic carbocycles. The molecule has 0 radical (unpaired) electrons. The molecule has 2 fully saturated rings. The van der Waals surface area contributed by atoms with Gasteiger partial charge in [0.05, 0.1) is 26.3 Å². The van der Waals surface area contributed by atoms with Crippen LogP contribution in [0.3, 0.4) is 0 Å². The lowest BCUT2D eigenvalue weighted by Gasteiger charge is -2.17. The van der Waals surface area contributed by atoms with E-state index in [1.807, 2.05) is 6.92 Å². The second-order valence-electron chi connectivity index (χ2n) is 6.44. The molecule has 6 nitrogen and oxygen atoms in total. The quantitative estimate of drug-likeness (QED) is 0.621. The third kappa shape index (κ3) is 6.32. The van der Waals surface area contributed by atoms with Crippen LogP contribution in [-0.2, 0) is 19.1 Å². The van der Waals surface area contributed by atoms with Crippen molar-refractivity contribution in [2.45, 2.75) is 32.6 Å². The number of nitrogens with zero attached hydrogens (tertiary/aromatic N) is 2. The summed E-state index contributed by atoms with van der Waals surface area (Å²) in [7, 11) is 0. The van der Waals surface area contributed by atoms with Crippen molar-refractivity contribution < 1.29 is 19.1 Å². The van der Waals surface area contributed by atoms with E-state index in [4.69, 9.17) is 9.47 Å². The molecule has 0 aromatic heterocycles. The predicted molar refractivity (Wildman–Crippen MR) is 82.4 cm³/mol. The van der Waals surface area contributed by atoms with Gasteiger partial charge in [0.25, 0.3) is 0 Å². The summed E-state index contributed by atoms with van der Waals surface area (Å²) >= 11 is 0. The number of ether oxygens (including phenoxy) is 2. The highest BCUT2D eigenvalue weighted by molar-refractivity contribution is 5.72. The van der Waals surface area contributed by atoms with Crippen molar-refractivity contribution in [3.63, 3.8) is 0 Å². The maximum absolute atomic E-state index is 11.7. The minimum absolute atomic E-state index is 0.0325. The summed E-state index contributed by atoms with van der Waals surface area (Å²) in [6.45, 7) is 7.23. The molecular weight excluding hydrogens is 284 g/mol. The number of hydrogen-bond donors (Lipinski definition) is 0. The van der Waals surface area contributed by atoms with Crippen LogP contribution in [0.2, 0.25) is 0 Å². The van der Waals surface area contributed by atoms with E-state index in [1.54, 1.807) is 0 Å². The van der Waals surface area contributed by atoms with Gasteiger partial charge < -0.3 is 9.47 Å². The Balaban J connectivity index is 1.52. The molecule has 0 bridgehead atoms. The topological polar surface area (TPSA) is 59.1 Å². The van der Waals surface area contributed by atoms with E-state index in [2.05, 4.69) is 9.80 Å². The average molecular weight is 312 g/mol. The standard InChI is InChI=1S/C16H28N2O4/c1-14(12-21-15(19)10-17-6-2-3-7-17)13-22-16(20)11-18-8-4-5-9-18/h14H,2-13H2,1H3. The van der Waals surface area contributed by atoms with Crippen LogP contribution in [-0.4, -0.2) is 74.2 Å². The first-order chi connectivity index (χ1) is 10.6. The molecule has 0 atom stereocenters. The van der Waals surface area contributed by atoms with E-state index in [1.165, 1.54) is 0 Å². The largest absolute Gasteiger partial charge is 0.464 e. The van der Waals surface area contributed by atoms with Crippen molar-refractivity contribution in [3.8, 4) is 0 Å². The third-order valence-corrected chi connectivity index (χ3v) is 4.16. The van der Waals surface area contributed by atoms with Gasteiger partial charge in [-0.2, -0.15) is 0 Å². The fourth-order valence-corrected chi connectivity index (χ4v) is 2.86. The van der Waals surface area contributed by atoms with Crippen LogP contribution in [0.25, 0.3) is 0 Å². The Morgan fingerprint density at radius 2 is 1.18 bits per heavy atom. The molecule has 2 aliphatic heterocycles. The van der Waals surface area contributed by atoms with Gasteiger partial charge in [-0.05, 0) is 51.9 Å². The molecule has 2 heterocycles. The minimum Gasteiger partial charge on any atom is -0.464 e. The molecule has 2 saturated heterocycles. The van der Waals surface area contributed by atoms with Crippen LogP contribution in [0.1, 0.15) is 32.6 Å². The molecule has 2 aliphatic rings. The molecule has 0 unspecified atom stereocenters. The summed E-state index contributed by atoms with van der Waals surface area (Å²) in [4.78, 5) is 27.6. The normalized spacial score (nSPS) is 19.7. The molecule has 0 aromatic rings. The number of likely N-dealkylation sites (tertiary alicyclic amines) is 2. The molecule has 0 amide bonds. The van der Waals surface area contributed by atoms with Crippen LogP contribution in [0.4, 0.5) is 0 Å². The Morgan fingerprint density at radius 1 is 0.818 bits per heavy atom. The van der Waals surface area contributed by atoms with Crippen molar-refractivity contribution in [1.82, 2.24) is 9.80 Å². The van der Waals surface area contributed by atoms with E-state index >= 15 is 0 Å². The zero-order valence-electron chi connectivity index (χ0n) is 13.6. The van der Waals surface area contributed by atoms with Crippen molar-refractivity contribution in [2.24, 2.45) is 5.92 Å². The summed E-state index contributed by atoms with van der Waals surface area (Å²) in [5.74, 6) is -0.334. The summed E-state index contributed by atoms with van der Waals surface area (Å²) in [6.07, 6.45) is 4.65. The zero-order valence-corrected chi connectivity index (χ0v) is 13.6. The molecule has 22 heavy (non-hydrogen) atoms. The molecule has 126 valence electrons. The van der Waals surface area contributed by atoms with Gasteiger partial charge >= 0.3 is 11.9 Å². The Hall–Kier alpha value is -1.14. The summed E-state index contributed by atoms with van der Waals surface area (Å²) < 4.78 is 10.5. The SMILES string of the molecule is CC(COC(=O)CN1CCCC1)COC(=O)CN1CCCC1. The third-order valence-electron chi connectivity index (χ3n) is 4.16. The zero-order chi connectivity index (χ0) is 15.8. The molecule has 0 spiro atoms. The molecule has 0 aliphatic carbocycles. The Kier molecular flexibility index (Phi) is 7.12. The van der Waals surface area contributed by atoms with Crippen LogP contribution in [0.15, 0.2) is 0 Å². The molecular formula is C16H28N2O4. The number of rotatable bonds is 8. The molecule has 0 saturated carbocycles. The van der Waals surface area contributed by atoms with Gasteiger partial charge in [-0.3, -0.25) is 19.4 Å². The number of carbonyl (C=O) groups excluding carboxylic acids is 2. The van der Waals surface area contributed by atoms with Crippen molar-refractivity contribution in [1.29, 1.82) is 0 Å².